The molecule has 0 bridgehead atoms. The van der Waals surface area contributed by atoms with E-state index in [9.17, 15) is 19.5 Å². The molecular formula is C27H33N3O5S2. The van der Waals surface area contributed by atoms with E-state index in [-0.39, 0.29) is 25.4 Å². The minimum atomic E-state index is -1.10. The number of thiophene rings is 2. The Morgan fingerprint density at radius 1 is 0.892 bits per heavy atom. The molecule has 1 atom stereocenters. The van der Waals surface area contributed by atoms with E-state index in [0.29, 0.717) is 13.1 Å². The van der Waals surface area contributed by atoms with Crippen LogP contribution in [-0.4, -0.2) is 51.2 Å². The number of hydrogen-bond donors (Lipinski definition) is 2. The molecule has 2 heterocycles. The standard InChI is InChI=1S/C27H33N3O5S2/c1-27(2,3)35-25(32)28-23(13-14-29(26(33)34)17-20-9-5-4-6-10-20)24(31)30(18-21-11-7-15-36-21)19-22-12-8-16-37-22/h4-12,15-16,23H,13-14,17-19H2,1-3H3,(H,28,32)(H,33,34). The van der Waals surface area contributed by atoms with Gasteiger partial charge in [-0.05, 0) is 55.6 Å². The number of alkyl carbamates (subject to hydrolysis) is 1. The minimum absolute atomic E-state index is 0.0578. The maximum Gasteiger partial charge on any atom is 0.408 e. The molecule has 8 nitrogen and oxygen atoms in total. The lowest BCUT2D eigenvalue weighted by Crippen LogP contribution is -2.50. The Labute approximate surface area is 225 Å². The van der Waals surface area contributed by atoms with Crippen molar-refractivity contribution in [3.05, 3.63) is 80.7 Å². The molecule has 0 saturated heterocycles. The lowest BCUT2D eigenvalue weighted by atomic mass is 10.1. The zero-order valence-electron chi connectivity index (χ0n) is 21.3. The maximum atomic E-state index is 13.8. The topological polar surface area (TPSA) is 99.2 Å². The van der Waals surface area contributed by atoms with Crippen molar-refractivity contribution in [3.8, 4) is 0 Å². The monoisotopic (exact) mass is 543 g/mol. The molecule has 0 aliphatic rings. The van der Waals surface area contributed by atoms with Crippen molar-refractivity contribution < 1.29 is 24.2 Å². The van der Waals surface area contributed by atoms with Gasteiger partial charge in [0.1, 0.15) is 11.6 Å². The van der Waals surface area contributed by atoms with Crippen molar-refractivity contribution in [3.63, 3.8) is 0 Å². The summed E-state index contributed by atoms with van der Waals surface area (Å²) in [5, 5.41) is 16.4. The van der Waals surface area contributed by atoms with Crippen molar-refractivity contribution >= 4 is 40.8 Å². The van der Waals surface area contributed by atoms with Gasteiger partial charge in [0.05, 0.1) is 13.1 Å². The highest BCUT2D eigenvalue weighted by atomic mass is 32.1. The Morgan fingerprint density at radius 2 is 1.49 bits per heavy atom. The smallest absolute Gasteiger partial charge is 0.408 e. The van der Waals surface area contributed by atoms with Gasteiger partial charge in [-0.3, -0.25) is 4.79 Å². The molecule has 3 aromatic rings. The highest BCUT2D eigenvalue weighted by molar-refractivity contribution is 7.10. The molecular weight excluding hydrogens is 510 g/mol. The number of nitrogens with zero attached hydrogens (tertiary/aromatic N) is 2. The van der Waals surface area contributed by atoms with Crippen LogP contribution in [0.3, 0.4) is 0 Å². The van der Waals surface area contributed by atoms with Gasteiger partial charge in [0, 0.05) is 22.8 Å². The second-order valence-corrected chi connectivity index (χ2v) is 11.6. The second-order valence-electron chi connectivity index (χ2n) is 9.53. The molecule has 37 heavy (non-hydrogen) atoms. The summed E-state index contributed by atoms with van der Waals surface area (Å²) in [7, 11) is 0. The molecule has 0 aliphatic heterocycles. The summed E-state index contributed by atoms with van der Waals surface area (Å²) in [5.74, 6) is -0.294. The van der Waals surface area contributed by atoms with E-state index in [0.717, 1.165) is 15.3 Å². The number of carboxylic acid groups (broad SMARTS) is 1. The Kier molecular flexibility index (Phi) is 10.1. The summed E-state index contributed by atoms with van der Waals surface area (Å²) in [4.78, 5) is 43.4. The number of hydrogen-bond acceptors (Lipinski definition) is 6. The first kappa shape index (κ1) is 28.2. The minimum Gasteiger partial charge on any atom is -0.465 e. The van der Waals surface area contributed by atoms with E-state index in [4.69, 9.17) is 4.74 Å². The van der Waals surface area contributed by atoms with E-state index in [1.165, 1.54) is 4.90 Å². The Balaban J connectivity index is 1.80. The summed E-state index contributed by atoms with van der Waals surface area (Å²) in [6.45, 7) is 6.24. The summed E-state index contributed by atoms with van der Waals surface area (Å²) in [5.41, 5.74) is 0.0935. The summed E-state index contributed by atoms with van der Waals surface area (Å²) in [6.07, 6.45) is -1.72. The first-order valence-corrected chi connectivity index (χ1v) is 13.7. The van der Waals surface area contributed by atoms with Gasteiger partial charge < -0.3 is 25.0 Å². The van der Waals surface area contributed by atoms with Crippen molar-refractivity contribution in [2.75, 3.05) is 6.54 Å². The van der Waals surface area contributed by atoms with Crippen LogP contribution in [0, 0.1) is 0 Å². The van der Waals surface area contributed by atoms with Crippen LogP contribution in [0.5, 0.6) is 0 Å². The maximum absolute atomic E-state index is 13.8. The number of carbonyl (C=O) groups excluding carboxylic acids is 2. The van der Waals surface area contributed by atoms with Gasteiger partial charge in [-0.25, -0.2) is 9.59 Å². The molecule has 0 fully saturated rings. The molecule has 0 radical (unpaired) electrons. The predicted octanol–water partition coefficient (Wildman–Crippen LogP) is 5.80. The number of benzene rings is 1. The largest absolute Gasteiger partial charge is 0.465 e. The Morgan fingerprint density at radius 3 is 1.97 bits per heavy atom. The highest BCUT2D eigenvalue weighted by Crippen LogP contribution is 2.19. The van der Waals surface area contributed by atoms with E-state index in [1.54, 1.807) is 48.3 Å². The van der Waals surface area contributed by atoms with Crippen molar-refractivity contribution in [2.24, 2.45) is 0 Å². The van der Waals surface area contributed by atoms with Crippen molar-refractivity contribution in [1.82, 2.24) is 15.1 Å². The molecule has 1 aromatic carbocycles. The summed E-state index contributed by atoms with van der Waals surface area (Å²) < 4.78 is 5.41. The normalized spacial score (nSPS) is 12.0. The van der Waals surface area contributed by atoms with Crippen LogP contribution >= 0.6 is 22.7 Å². The molecule has 10 heteroatoms. The first-order valence-electron chi connectivity index (χ1n) is 12.0. The third-order valence-corrected chi connectivity index (χ3v) is 7.05. The van der Waals surface area contributed by atoms with Gasteiger partial charge in [0.25, 0.3) is 0 Å². The van der Waals surface area contributed by atoms with Gasteiger partial charge in [-0.1, -0.05) is 42.5 Å². The van der Waals surface area contributed by atoms with Crippen LogP contribution in [-0.2, 0) is 29.2 Å². The number of ether oxygens (including phenoxy) is 1. The number of rotatable bonds is 11. The summed E-state index contributed by atoms with van der Waals surface area (Å²) in [6, 6.07) is 16.1. The van der Waals surface area contributed by atoms with Crippen LogP contribution in [0.4, 0.5) is 9.59 Å². The number of amides is 3. The van der Waals surface area contributed by atoms with Crippen LogP contribution in [0.25, 0.3) is 0 Å². The number of carbonyl (C=O) groups is 3. The van der Waals surface area contributed by atoms with Gasteiger partial charge in [-0.15, -0.1) is 22.7 Å². The van der Waals surface area contributed by atoms with Crippen LogP contribution in [0.2, 0.25) is 0 Å². The molecule has 0 saturated carbocycles. The number of nitrogens with one attached hydrogen (secondary N) is 1. The lowest BCUT2D eigenvalue weighted by Gasteiger charge is -2.30. The van der Waals surface area contributed by atoms with Crippen molar-refractivity contribution in [2.45, 2.75) is 58.5 Å². The average molecular weight is 544 g/mol. The molecule has 0 spiro atoms. The molecule has 1 unspecified atom stereocenters. The van der Waals surface area contributed by atoms with Gasteiger partial charge >= 0.3 is 12.2 Å². The van der Waals surface area contributed by atoms with Gasteiger partial charge in [0.15, 0.2) is 0 Å². The Bertz CT molecular complexity index is 1090. The summed E-state index contributed by atoms with van der Waals surface area (Å²) >= 11 is 3.10. The van der Waals surface area contributed by atoms with Gasteiger partial charge in [0.2, 0.25) is 5.91 Å². The van der Waals surface area contributed by atoms with Crippen LogP contribution in [0.1, 0.15) is 42.5 Å². The van der Waals surface area contributed by atoms with Crippen LogP contribution < -0.4 is 5.32 Å². The first-order chi connectivity index (χ1) is 17.6. The second kappa shape index (κ2) is 13.3. The fourth-order valence-corrected chi connectivity index (χ4v) is 5.09. The average Bonchev–Trinajstić information content (AvgIpc) is 3.54. The lowest BCUT2D eigenvalue weighted by molar-refractivity contribution is -0.135. The molecule has 3 amide bonds. The van der Waals surface area contributed by atoms with Gasteiger partial charge in [-0.2, -0.15) is 0 Å². The third-order valence-electron chi connectivity index (χ3n) is 5.33. The van der Waals surface area contributed by atoms with E-state index in [2.05, 4.69) is 5.32 Å². The Hall–Kier alpha value is -3.37. The van der Waals surface area contributed by atoms with E-state index in [1.807, 2.05) is 65.4 Å². The van der Waals surface area contributed by atoms with Crippen molar-refractivity contribution in [1.29, 1.82) is 0 Å². The molecule has 3 rings (SSSR count). The molecule has 198 valence electrons. The molecule has 2 N–H and O–H groups in total. The molecule has 2 aromatic heterocycles. The van der Waals surface area contributed by atoms with E-state index >= 15 is 0 Å². The van der Waals surface area contributed by atoms with Crippen LogP contribution in [0.15, 0.2) is 65.4 Å². The zero-order chi connectivity index (χ0) is 26.8. The quantitative estimate of drug-likeness (QED) is 0.318. The SMILES string of the molecule is CC(C)(C)OC(=O)NC(CCN(Cc1ccccc1)C(=O)O)C(=O)N(Cc1cccs1)Cc1cccs1. The highest BCUT2D eigenvalue weighted by Gasteiger charge is 2.30. The fourth-order valence-electron chi connectivity index (χ4n) is 3.65. The molecule has 0 aliphatic carbocycles. The third kappa shape index (κ3) is 9.55. The van der Waals surface area contributed by atoms with E-state index < -0.39 is 23.8 Å². The fraction of sp³-hybridized carbons (Fsp3) is 0.370. The predicted molar refractivity (Wildman–Crippen MR) is 146 cm³/mol. The zero-order valence-corrected chi connectivity index (χ0v) is 22.9.